The first kappa shape index (κ1) is 20.8. The molecule has 1 aliphatic rings. The Morgan fingerprint density at radius 2 is 2.11 bits per heavy atom. The van der Waals surface area contributed by atoms with E-state index in [0.29, 0.717) is 12.2 Å². The van der Waals surface area contributed by atoms with Gasteiger partial charge in [-0.25, -0.2) is 9.97 Å². The molecule has 3 rings (SSSR count). The van der Waals surface area contributed by atoms with E-state index in [4.69, 9.17) is 18.7 Å². The van der Waals surface area contributed by atoms with Crippen molar-refractivity contribution < 1.29 is 28.2 Å². The lowest BCUT2D eigenvalue weighted by Crippen LogP contribution is -2.37. The van der Waals surface area contributed by atoms with E-state index >= 15 is 0 Å². The molecule has 5 atom stereocenters. The van der Waals surface area contributed by atoms with Crippen molar-refractivity contribution in [2.45, 2.75) is 31.1 Å². The zero-order valence-electron chi connectivity index (χ0n) is 15.8. The van der Waals surface area contributed by atoms with Gasteiger partial charge in [-0.2, -0.15) is 0 Å². The molecule has 0 radical (unpaired) electrons. The molecule has 1 fully saturated rings. The fraction of sp³-hybridized carbons (Fsp3) is 0.562. The predicted molar refractivity (Wildman–Crippen MR) is 99.2 cm³/mol. The molecule has 28 heavy (non-hydrogen) atoms. The molecule has 0 spiro atoms. The van der Waals surface area contributed by atoms with E-state index in [-0.39, 0.29) is 17.7 Å². The number of methoxy groups -OCH3 is 2. The zero-order valence-corrected chi connectivity index (χ0v) is 16.7. The van der Waals surface area contributed by atoms with Crippen molar-refractivity contribution in [3.63, 3.8) is 0 Å². The van der Waals surface area contributed by atoms with E-state index in [1.54, 1.807) is 10.6 Å². The summed E-state index contributed by atoms with van der Waals surface area (Å²) in [6.07, 6.45) is 1.33. The minimum absolute atomic E-state index is 0.118. The average molecular weight is 414 g/mol. The molecule has 2 aromatic heterocycles. The summed E-state index contributed by atoms with van der Waals surface area (Å²) < 4.78 is 36.7. The number of fused-ring (bicyclic) bond motifs is 1. The number of allylic oxidation sites excluding steroid dienone is 1. The third-order valence-corrected chi connectivity index (χ3v) is 4.99. The summed E-state index contributed by atoms with van der Waals surface area (Å²) in [5.74, 6) is 0. The van der Waals surface area contributed by atoms with Gasteiger partial charge in [-0.3, -0.25) is 23.0 Å². The summed E-state index contributed by atoms with van der Waals surface area (Å²) in [5.41, 5.74) is 0.155. The average Bonchev–Trinajstić information content (AvgIpc) is 3.18. The van der Waals surface area contributed by atoms with Crippen LogP contribution >= 0.6 is 7.60 Å². The largest absolute Gasteiger partial charge is 0.382 e. The molecule has 1 unspecified atom stereocenters. The number of ether oxygens (including phenoxy) is 3. The van der Waals surface area contributed by atoms with Crippen LogP contribution in [0.15, 0.2) is 30.1 Å². The van der Waals surface area contributed by atoms with Gasteiger partial charge in [0.2, 0.25) is 0 Å². The first-order valence-corrected chi connectivity index (χ1v) is 10.5. The van der Waals surface area contributed by atoms with Gasteiger partial charge in [-0.05, 0) is 0 Å². The van der Waals surface area contributed by atoms with Gasteiger partial charge in [-0.1, -0.05) is 6.08 Å². The molecular weight excluding hydrogens is 391 g/mol. The van der Waals surface area contributed by atoms with Crippen LogP contribution in [0.25, 0.3) is 11.2 Å². The molecule has 0 amide bonds. The van der Waals surface area contributed by atoms with E-state index in [1.807, 2.05) is 0 Å². The van der Waals surface area contributed by atoms with Crippen molar-refractivity contribution in [3.05, 3.63) is 35.7 Å². The van der Waals surface area contributed by atoms with Crippen molar-refractivity contribution in [1.82, 2.24) is 19.1 Å². The molecule has 2 aromatic rings. The van der Waals surface area contributed by atoms with Gasteiger partial charge in [0.15, 0.2) is 17.4 Å². The summed E-state index contributed by atoms with van der Waals surface area (Å²) >= 11 is 0. The summed E-state index contributed by atoms with van der Waals surface area (Å²) in [4.78, 5) is 30.7. The van der Waals surface area contributed by atoms with E-state index in [1.165, 1.54) is 31.4 Å². The van der Waals surface area contributed by atoms with Crippen molar-refractivity contribution >= 4 is 18.8 Å². The number of hydrogen-bond acceptors (Lipinski definition) is 8. The first-order valence-electron chi connectivity index (χ1n) is 8.49. The van der Waals surface area contributed by atoms with Crippen LogP contribution in [0.3, 0.4) is 0 Å². The maximum atomic E-state index is 12.5. The number of imidazole rings is 1. The standard InChI is InChI=1S/C16H23N4O7P/c1-5-6-19-8-18-14-11(15(19)21)17-9-20(14)16-13(25-3)12(27-28(4,22)23)10(26-16)7-24-2/h5,8-10,12-13,16H,1,6-7H2,2-4H3,(H,22,23)/t10-,12-,13-,16-/m1/s1. The van der Waals surface area contributed by atoms with E-state index in [0.717, 1.165) is 6.66 Å². The van der Waals surface area contributed by atoms with Gasteiger partial charge in [0.05, 0.1) is 12.9 Å². The van der Waals surface area contributed by atoms with Crippen LogP contribution in [-0.2, 0) is 29.8 Å². The zero-order chi connectivity index (χ0) is 20.5. The van der Waals surface area contributed by atoms with Crippen LogP contribution in [0.5, 0.6) is 0 Å². The van der Waals surface area contributed by atoms with Crippen LogP contribution in [0.2, 0.25) is 0 Å². The van der Waals surface area contributed by atoms with Crippen LogP contribution in [0.1, 0.15) is 6.23 Å². The van der Waals surface area contributed by atoms with Crippen molar-refractivity contribution in [1.29, 1.82) is 0 Å². The smallest absolute Gasteiger partial charge is 0.325 e. The first-order chi connectivity index (χ1) is 13.3. The molecule has 12 heteroatoms. The monoisotopic (exact) mass is 414 g/mol. The van der Waals surface area contributed by atoms with Crippen LogP contribution in [0, 0.1) is 0 Å². The van der Waals surface area contributed by atoms with Crippen molar-refractivity contribution in [2.24, 2.45) is 0 Å². The molecule has 1 saturated heterocycles. The lowest BCUT2D eigenvalue weighted by Gasteiger charge is -2.24. The van der Waals surface area contributed by atoms with Gasteiger partial charge in [0, 0.05) is 27.4 Å². The Morgan fingerprint density at radius 3 is 2.71 bits per heavy atom. The minimum atomic E-state index is -3.82. The Kier molecular flexibility index (Phi) is 6.13. The van der Waals surface area contributed by atoms with Gasteiger partial charge in [-0.15, -0.1) is 6.58 Å². The van der Waals surface area contributed by atoms with Crippen LogP contribution in [0.4, 0.5) is 0 Å². The van der Waals surface area contributed by atoms with Gasteiger partial charge >= 0.3 is 7.60 Å². The van der Waals surface area contributed by atoms with E-state index in [9.17, 15) is 14.3 Å². The fourth-order valence-corrected chi connectivity index (χ4v) is 3.94. The second kappa shape index (κ2) is 8.24. The number of aromatic nitrogens is 4. The Labute approximate surface area is 161 Å². The van der Waals surface area contributed by atoms with Gasteiger partial charge < -0.3 is 19.1 Å². The quantitative estimate of drug-likeness (QED) is 0.486. The second-order valence-corrected chi connectivity index (χ2v) is 8.23. The third-order valence-electron chi connectivity index (χ3n) is 4.36. The molecule has 154 valence electrons. The number of rotatable bonds is 8. The Morgan fingerprint density at radius 1 is 1.36 bits per heavy atom. The van der Waals surface area contributed by atoms with E-state index < -0.39 is 32.1 Å². The highest BCUT2D eigenvalue weighted by Gasteiger charge is 2.49. The highest BCUT2D eigenvalue weighted by molar-refractivity contribution is 7.51. The van der Waals surface area contributed by atoms with Gasteiger partial charge in [0.25, 0.3) is 5.56 Å². The van der Waals surface area contributed by atoms with E-state index in [2.05, 4.69) is 16.5 Å². The molecule has 3 heterocycles. The fourth-order valence-electron chi connectivity index (χ4n) is 3.24. The SMILES string of the molecule is C=CCn1cnc2c(ncn2[C@@H]2O[C@H](COC)[C@@H](OP(C)(=O)O)[C@H]2OC)c1=O. The topological polar surface area (TPSA) is 127 Å². The van der Waals surface area contributed by atoms with Crippen molar-refractivity contribution in [2.75, 3.05) is 27.5 Å². The maximum absolute atomic E-state index is 12.5. The third kappa shape index (κ3) is 3.95. The summed E-state index contributed by atoms with van der Waals surface area (Å²) in [5, 5.41) is 0. The Balaban J connectivity index is 2.02. The molecule has 0 saturated carbocycles. The second-order valence-electron chi connectivity index (χ2n) is 6.41. The van der Waals surface area contributed by atoms with Crippen molar-refractivity contribution in [3.8, 4) is 0 Å². The molecule has 11 nitrogen and oxygen atoms in total. The summed E-state index contributed by atoms with van der Waals surface area (Å²) in [6.45, 7) is 5.13. The molecule has 1 N–H and O–H groups in total. The number of hydrogen-bond donors (Lipinski definition) is 1. The highest BCUT2D eigenvalue weighted by atomic mass is 31.2. The molecule has 0 aromatic carbocycles. The Hall–Kier alpha value is -1.88. The predicted octanol–water partition coefficient (Wildman–Crippen LogP) is 0.538. The lowest BCUT2D eigenvalue weighted by molar-refractivity contribution is -0.0629. The summed E-state index contributed by atoms with van der Waals surface area (Å²) in [6, 6.07) is 0. The summed E-state index contributed by atoms with van der Waals surface area (Å²) in [7, 11) is -0.898. The minimum Gasteiger partial charge on any atom is -0.382 e. The number of nitrogens with zero attached hydrogens (tertiary/aromatic N) is 4. The Bertz CT molecular complexity index is 952. The van der Waals surface area contributed by atoms with Gasteiger partial charge in [0.1, 0.15) is 24.6 Å². The lowest BCUT2D eigenvalue weighted by atomic mass is 10.1. The molecule has 1 aliphatic heterocycles. The normalized spacial score (nSPS) is 27.1. The maximum Gasteiger partial charge on any atom is 0.325 e. The highest BCUT2D eigenvalue weighted by Crippen LogP contribution is 2.45. The molecular formula is C16H23N4O7P. The van der Waals surface area contributed by atoms with Crippen LogP contribution < -0.4 is 5.56 Å². The molecule has 0 aliphatic carbocycles. The molecule has 0 bridgehead atoms. The van der Waals surface area contributed by atoms with Crippen LogP contribution in [-0.4, -0.2) is 69.8 Å².